The standard InChI is InChI=1S/C23H24FN/c1-15(2)17-8-10-18(11-9-17)20-12-13-21(23(24)22(20)14-25)19-6-4-16(3)5-7-19/h4-13,15H,14,25H2,1-3H3. The number of halogens is 1. The molecule has 0 aliphatic rings. The van der Waals surface area contributed by atoms with Gasteiger partial charge in [-0.05, 0) is 35.1 Å². The summed E-state index contributed by atoms with van der Waals surface area (Å²) in [6, 6.07) is 20.0. The Labute approximate surface area is 149 Å². The zero-order chi connectivity index (χ0) is 18.0. The molecule has 0 bridgehead atoms. The normalized spacial score (nSPS) is 11.1. The van der Waals surface area contributed by atoms with Crippen molar-refractivity contribution in [2.75, 3.05) is 0 Å². The highest BCUT2D eigenvalue weighted by molar-refractivity contribution is 5.74. The molecule has 0 aromatic heterocycles. The average Bonchev–Trinajstić information content (AvgIpc) is 2.62. The zero-order valence-electron chi connectivity index (χ0n) is 15.0. The molecular formula is C23H24FN. The van der Waals surface area contributed by atoms with E-state index in [1.54, 1.807) is 0 Å². The maximum absolute atomic E-state index is 15.1. The molecule has 3 aromatic rings. The Balaban J connectivity index is 2.07. The Kier molecular flexibility index (Phi) is 5.00. The van der Waals surface area contributed by atoms with Crippen molar-refractivity contribution in [2.45, 2.75) is 33.2 Å². The highest BCUT2D eigenvalue weighted by Gasteiger charge is 2.15. The molecule has 2 N–H and O–H groups in total. The van der Waals surface area contributed by atoms with Crippen molar-refractivity contribution in [3.63, 3.8) is 0 Å². The van der Waals surface area contributed by atoms with Gasteiger partial charge in [-0.2, -0.15) is 0 Å². The lowest BCUT2D eigenvalue weighted by atomic mass is 9.92. The van der Waals surface area contributed by atoms with Crippen molar-refractivity contribution >= 4 is 0 Å². The fourth-order valence-corrected chi connectivity index (χ4v) is 3.09. The van der Waals surface area contributed by atoms with Gasteiger partial charge in [0, 0.05) is 17.7 Å². The first kappa shape index (κ1) is 17.4. The van der Waals surface area contributed by atoms with Crippen molar-refractivity contribution < 1.29 is 4.39 Å². The van der Waals surface area contributed by atoms with E-state index in [0.717, 1.165) is 22.3 Å². The third kappa shape index (κ3) is 3.49. The summed E-state index contributed by atoms with van der Waals surface area (Å²) in [4.78, 5) is 0. The molecule has 1 nitrogen and oxygen atoms in total. The molecule has 0 atom stereocenters. The molecule has 0 radical (unpaired) electrons. The SMILES string of the molecule is Cc1ccc(-c2ccc(-c3ccc(C(C)C)cc3)c(CN)c2F)cc1. The molecule has 3 aromatic carbocycles. The second-order valence-electron chi connectivity index (χ2n) is 6.80. The van der Waals surface area contributed by atoms with Crippen LogP contribution in [-0.4, -0.2) is 0 Å². The molecule has 0 aliphatic heterocycles. The Morgan fingerprint density at radius 3 is 1.88 bits per heavy atom. The first-order valence-corrected chi connectivity index (χ1v) is 8.70. The largest absolute Gasteiger partial charge is 0.326 e. The van der Waals surface area contributed by atoms with E-state index in [0.29, 0.717) is 17.0 Å². The summed E-state index contributed by atoms with van der Waals surface area (Å²) in [6.07, 6.45) is 0. The van der Waals surface area contributed by atoms with Crippen molar-refractivity contribution in [2.24, 2.45) is 5.73 Å². The second kappa shape index (κ2) is 7.20. The highest BCUT2D eigenvalue weighted by atomic mass is 19.1. The van der Waals surface area contributed by atoms with E-state index < -0.39 is 0 Å². The fourth-order valence-electron chi connectivity index (χ4n) is 3.09. The molecule has 3 rings (SSSR count). The molecule has 0 aliphatic carbocycles. The van der Waals surface area contributed by atoms with E-state index in [1.165, 1.54) is 5.56 Å². The maximum Gasteiger partial charge on any atom is 0.136 e. The van der Waals surface area contributed by atoms with Gasteiger partial charge in [-0.1, -0.05) is 80.1 Å². The van der Waals surface area contributed by atoms with Gasteiger partial charge in [0.05, 0.1) is 0 Å². The molecule has 2 heteroatoms. The Morgan fingerprint density at radius 1 is 0.800 bits per heavy atom. The summed E-state index contributed by atoms with van der Waals surface area (Å²) >= 11 is 0. The fraction of sp³-hybridized carbons (Fsp3) is 0.217. The smallest absolute Gasteiger partial charge is 0.136 e. The number of nitrogens with two attached hydrogens (primary N) is 1. The van der Waals surface area contributed by atoms with Gasteiger partial charge in [0.25, 0.3) is 0 Å². The van der Waals surface area contributed by atoms with Gasteiger partial charge in [0.2, 0.25) is 0 Å². The summed E-state index contributed by atoms with van der Waals surface area (Å²) in [7, 11) is 0. The van der Waals surface area contributed by atoms with Gasteiger partial charge in [0.15, 0.2) is 0 Å². The lowest BCUT2D eigenvalue weighted by Crippen LogP contribution is -2.04. The van der Waals surface area contributed by atoms with E-state index in [4.69, 9.17) is 5.73 Å². The summed E-state index contributed by atoms with van der Waals surface area (Å²) in [5, 5.41) is 0. The predicted molar refractivity (Wildman–Crippen MR) is 104 cm³/mol. The monoisotopic (exact) mass is 333 g/mol. The van der Waals surface area contributed by atoms with E-state index in [2.05, 4.69) is 38.1 Å². The van der Waals surface area contributed by atoms with Crippen LogP contribution < -0.4 is 5.73 Å². The quantitative estimate of drug-likeness (QED) is 0.618. The van der Waals surface area contributed by atoms with Crippen LogP contribution in [0, 0.1) is 12.7 Å². The number of hydrogen-bond donors (Lipinski definition) is 1. The molecule has 0 amide bonds. The van der Waals surface area contributed by atoms with Crippen LogP contribution >= 0.6 is 0 Å². The van der Waals surface area contributed by atoms with Gasteiger partial charge >= 0.3 is 0 Å². The van der Waals surface area contributed by atoms with Crippen LogP contribution in [0.3, 0.4) is 0 Å². The van der Waals surface area contributed by atoms with Crippen LogP contribution in [0.15, 0.2) is 60.7 Å². The third-order valence-electron chi connectivity index (χ3n) is 4.70. The first-order valence-electron chi connectivity index (χ1n) is 8.70. The molecule has 0 saturated heterocycles. The summed E-state index contributed by atoms with van der Waals surface area (Å²) < 4.78 is 15.1. The van der Waals surface area contributed by atoms with Gasteiger partial charge in [-0.15, -0.1) is 0 Å². The Hall–Kier alpha value is -2.45. The predicted octanol–water partition coefficient (Wildman–Crippen LogP) is 6.05. The first-order chi connectivity index (χ1) is 12.0. The minimum atomic E-state index is -0.225. The minimum absolute atomic E-state index is 0.173. The van der Waals surface area contributed by atoms with E-state index in [9.17, 15) is 0 Å². The second-order valence-corrected chi connectivity index (χ2v) is 6.80. The lowest BCUT2D eigenvalue weighted by Gasteiger charge is -2.14. The van der Waals surface area contributed by atoms with Crippen LogP contribution in [-0.2, 0) is 6.54 Å². The number of aryl methyl sites for hydroxylation is 1. The van der Waals surface area contributed by atoms with Gasteiger partial charge in [-0.3, -0.25) is 0 Å². The highest BCUT2D eigenvalue weighted by Crippen LogP contribution is 2.33. The minimum Gasteiger partial charge on any atom is -0.326 e. The number of rotatable bonds is 4. The number of benzene rings is 3. The van der Waals surface area contributed by atoms with Crippen LogP contribution in [0.2, 0.25) is 0 Å². The summed E-state index contributed by atoms with van der Waals surface area (Å²) in [5.41, 5.74) is 12.2. The maximum atomic E-state index is 15.1. The Bertz CT molecular complexity index is 862. The molecule has 0 spiro atoms. The summed E-state index contributed by atoms with van der Waals surface area (Å²) in [6.45, 7) is 6.52. The van der Waals surface area contributed by atoms with Crippen LogP contribution in [0.4, 0.5) is 4.39 Å². The molecule has 0 fully saturated rings. The molecular weight excluding hydrogens is 309 g/mol. The van der Waals surface area contributed by atoms with E-state index in [1.807, 2.05) is 43.3 Å². The van der Waals surface area contributed by atoms with Crippen LogP contribution in [0.1, 0.15) is 36.5 Å². The lowest BCUT2D eigenvalue weighted by molar-refractivity contribution is 0.615. The van der Waals surface area contributed by atoms with Gasteiger partial charge in [-0.25, -0.2) is 4.39 Å². The topological polar surface area (TPSA) is 26.0 Å². The van der Waals surface area contributed by atoms with E-state index >= 15 is 4.39 Å². The third-order valence-corrected chi connectivity index (χ3v) is 4.70. The molecule has 0 unspecified atom stereocenters. The Morgan fingerprint density at radius 2 is 1.32 bits per heavy atom. The van der Waals surface area contributed by atoms with Crippen LogP contribution in [0.5, 0.6) is 0 Å². The molecule has 25 heavy (non-hydrogen) atoms. The molecule has 0 saturated carbocycles. The molecule has 128 valence electrons. The van der Waals surface area contributed by atoms with Gasteiger partial charge in [0.1, 0.15) is 5.82 Å². The number of hydrogen-bond acceptors (Lipinski definition) is 1. The van der Waals surface area contributed by atoms with Crippen molar-refractivity contribution in [1.82, 2.24) is 0 Å². The van der Waals surface area contributed by atoms with Crippen molar-refractivity contribution in [1.29, 1.82) is 0 Å². The van der Waals surface area contributed by atoms with E-state index in [-0.39, 0.29) is 12.4 Å². The van der Waals surface area contributed by atoms with Crippen molar-refractivity contribution in [3.05, 3.63) is 83.2 Å². The zero-order valence-corrected chi connectivity index (χ0v) is 15.0. The average molecular weight is 333 g/mol. The van der Waals surface area contributed by atoms with Gasteiger partial charge < -0.3 is 5.73 Å². The van der Waals surface area contributed by atoms with Crippen LogP contribution in [0.25, 0.3) is 22.3 Å². The molecule has 0 heterocycles. The van der Waals surface area contributed by atoms with Crippen molar-refractivity contribution in [3.8, 4) is 22.3 Å². The summed E-state index contributed by atoms with van der Waals surface area (Å²) in [5.74, 6) is 0.250.